The SMILES string of the molecule is COc1ccccc1CNC(=O)CN1CCCN(Cc2ccc(F)cc2)CC1. The van der Waals surface area contributed by atoms with Crippen LogP contribution in [0.1, 0.15) is 17.5 Å². The van der Waals surface area contributed by atoms with Gasteiger partial charge in [-0.2, -0.15) is 0 Å². The number of hydrogen-bond acceptors (Lipinski definition) is 4. The highest BCUT2D eigenvalue weighted by Gasteiger charge is 2.17. The molecule has 1 saturated heterocycles. The molecule has 2 aromatic carbocycles. The molecule has 0 bridgehead atoms. The number of rotatable bonds is 7. The van der Waals surface area contributed by atoms with E-state index in [2.05, 4.69) is 15.1 Å². The van der Waals surface area contributed by atoms with E-state index in [1.807, 2.05) is 36.4 Å². The van der Waals surface area contributed by atoms with Crippen molar-refractivity contribution in [2.75, 3.05) is 39.8 Å². The van der Waals surface area contributed by atoms with Gasteiger partial charge in [0.1, 0.15) is 11.6 Å². The standard InChI is InChI=1S/C22H28FN3O2/c1-28-21-6-3-2-5-19(21)15-24-22(27)17-26-12-4-11-25(13-14-26)16-18-7-9-20(23)10-8-18/h2-3,5-10H,4,11-17H2,1H3,(H,24,27). The number of nitrogens with zero attached hydrogens (tertiary/aromatic N) is 2. The van der Waals surface area contributed by atoms with Crippen LogP contribution in [-0.4, -0.2) is 55.5 Å². The molecule has 0 unspecified atom stereocenters. The van der Waals surface area contributed by atoms with Gasteiger partial charge >= 0.3 is 0 Å². The highest BCUT2D eigenvalue weighted by molar-refractivity contribution is 5.78. The lowest BCUT2D eigenvalue weighted by Gasteiger charge is -2.21. The van der Waals surface area contributed by atoms with Gasteiger partial charge in [0, 0.05) is 31.7 Å². The number of benzene rings is 2. The Morgan fingerprint density at radius 1 is 1.04 bits per heavy atom. The van der Waals surface area contributed by atoms with E-state index in [4.69, 9.17) is 4.74 Å². The van der Waals surface area contributed by atoms with Crippen molar-refractivity contribution >= 4 is 5.91 Å². The highest BCUT2D eigenvalue weighted by atomic mass is 19.1. The Kier molecular flexibility index (Phi) is 7.39. The number of ether oxygens (including phenoxy) is 1. The molecule has 150 valence electrons. The first kappa shape index (κ1) is 20.3. The lowest BCUT2D eigenvalue weighted by Crippen LogP contribution is -2.39. The Labute approximate surface area is 166 Å². The van der Waals surface area contributed by atoms with Crippen molar-refractivity contribution in [1.29, 1.82) is 0 Å². The summed E-state index contributed by atoms with van der Waals surface area (Å²) in [5.41, 5.74) is 2.09. The molecule has 1 amide bonds. The Morgan fingerprint density at radius 2 is 1.75 bits per heavy atom. The van der Waals surface area contributed by atoms with E-state index in [-0.39, 0.29) is 11.7 Å². The van der Waals surface area contributed by atoms with Crippen molar-refractivity contribution in [2.45, 2.75) is 19.5 Å². The molecule has 1 aliphatic heterocycles. The van der Waals surface area contributed by atoms with Crippen LogP contribution in [0.2, 0.25) is 0 Å². The van der Waals surface area contributed by atoms with E-state index in [0.29, 0.717) is 13.1 Å². The van der Waals surface area contributed by atoms with Crippen LogP contribution in [0.3, 0.4) is 0 Å². The summed E-state index contributed by atoms with van der Waals surface area (Å²) < 4.78 is 18.4. The van der Waals surface area contributed by atoms with Crippen molar-refractivity contribution < 1.29 is 13.9 Å². The Morgan fingerprint density at radius 3 is 2.54 bits per heavy atom. The monoisotopic (exact) mass is 385 g/mol. The van der Waals surface area contributed by atoms with Crippen LogP contribution in [0, 0.1) is 5.82 Å². The van der Waals surface area contributed by atoms with E-state index in [9.17, 15) is 9.18 Å². The van der Waals surface area contributed by atoms with Crippen LogP contribution >= 0.6 is 0 Å². The summed E-state index contributed by atoms with van der Waals surface area (Å²) in [5, 5.41) is 2.99. The van der Waals surface area contributed by atoms with Gasteiger partial charge in [0.15, 0.2) is 0 Å². The molecule has 0 radical (unpaired) electrons. The van der Waals surface area contributed by atoms with Gasteiger partial charge in [-0.25, -0.2) is 4.39 Å². The summed E-state index contributed by atoms with van der Waals surface area (Å²) in [6, 6.07) is 14.4. The fourth-order valence-electron chi connectivity index (χ4n) is 3.49. The third kappa shape index (κ3) is 6.04. The first-order valence-corrected chi connectivity index (χ1v) is 9.72. The number of carbonyl (C=O) groups excluding carboxylic acids is 1. The Bertz CT molecular complexity index is 767. The average molecular weight is 385 g/mol. The molecule has 28 heavy (non-hydrogen) atoms. The maximum atomic E-state index is 13.1. The van der Waals surface area contributed by atoms with E-state index < -0.39 is 0 Å². The number of nitrogens with one attached hydrogen (secondary N) is 1. The minimum Gasteiger partial charge on any atom is -0.496 e. The van der Waals surface area contributed by atoms with E-state index in [1.165, 1.54) is 12.1 Å². The predicted octanol–water partition coefficient (Wildman–Crippen LogP) is 2.66. The second kappa shape index (κ2) is 10.2. The van der Waals surface area contributed by atoms with Gasteiger partial charge in [-0.1, -0.05) is 30.3 Å². The lowest BCUT2D eigenvalue weighted by atomic mass is 10.2. The zero-order valence-electron chi connectivity index (χ0n) is 16.4. The zero-order valence-corrected chi connectivity index (χ0v) is 16.4. The summed E-state index contributed by atoms with van der Waals surface area (Å²) in [6.07, 6.45) is 1.01. The van der Waals surface area contributed by atoms with Gasteiger partial charge in [-0.15, -0.1) is 0 Å². The second-order valence-electron chi connectivity index (χ2n) is 7.12. The average Bonchev–Trinajstić information content (AvgIpc) is 2.93. The van der Waals surface area contributed by atoms with Crippen molar-refractivity contribution in [3.63, 3.8) is 0 Å². The maximum Gasteiger partial charge on any atom is 0.234 e. The number of hydrogen-bond donors (Lipinski definition) is 1. The van der Waals surface area contributed by atoms with Crippen molar-refractivity contribution in [2.24, 2.45) is 0 Å². The maximum absolute atomic E-state index is 13.1. The second-order valence-corrected chi connectivity index (χ2v) is 7.12. The largest absolute Gasteiger partial charge is 0.496 e. The summed E-state index contributed by atoms with van der Waals surface area (Å²) >= 11 is 0. The quantitative estimate of drug-likeness (QED) is 0.796. The summed E-state index contributed by atoms with van der Waals surface area (Å²) in [6.45, 7) is 5.32. The summed E-state index contributed by atoms with van der Waals surface area (Å²) in [4.78, 5) is 16.9. The van der Waals surface area contributed by atoms with Gasteiger partial charge < -0.3 is 10.1 Å². The van der Waals surface area contributed by atoms with Gasteiger partial charge in [0.2, 0.25) is 5.91 Å². The summed E-state index contributed by atoms with van der Waals surface area (Å²) in [5.74, 6) is 0.608. The molecule has 3 rings (SSSR count). The molecule has 0 aliphatic carbocycles. The molecule has 2 aromatic rings. The number of amides is 1. The molecule has 1 fully saturated rings. The van der Waals surface area contributed by atoms with Crippen molar-refractivity contribution in [3.8, 4) is 5.75 Å². The van der Waals surface area contributed by atoms with E-state index in [1.54, 1.807) is 7.11 Å². The van der Waals surface area contributed by atoms with Gasteiger partial charge in [-0.05, 0) is 43.3 Å². The van der Waals surface area contributed by atoms with Gasteiger partial charge in [-0.3, -0.25) is 14.6 Å². The van der Waals surface area contributed by atoms with Crippen LogP contribution in [0.4, 0.5) is 4.39 Å². The van der Waals surface area contributed by atoms with E-state index >= 15 is 0 Å². The molecule has 0 spiro atoms. The molecular weight excluding hydrogens is 357 g/mol. The number of carbonyl (C=O) groups is 1. The fourth-order valence-corrected chi connectivity index (χ4v) is 3.49. The van der Waals surface area contributed by atoms with Crippen LogP contribution in [0.15, 0.2) is 48.5 Å². The molecule has 0 aromatic heterocycles. The van der Waals surface area contributed by atoms with Crippen LogP contribution < -0.4 is 10.1 Å². The molecule has 0 saturated carbocycles. The summed E-state index contributed by atoms with van der Waals surface area (Å²) in [7, 11) is 1.63. The van der Waals surface area contributed by atoms with Gasteiger partial charge in [0.25, 0.3) is 0 Å². The van der Waals surface area contributed by atoms with E-state index in [0.717, 1.165) is 56.0 Å². The molecule has 6 heteroatoms. The molecule has 1 aliphatic rings. The smallest absolute Gasteiger partial charge is 0.234 e. The van der Waals surface area contributed by atoms with Crippen LogP contribution in [0.25, 0.3) is 0 Å². The minimum atomic E-state index is -0.204. The topological polar surface area (TPSA) is 44.8 Å². The molecule has 5 nitrogen and oxygen atoms in total. The number of halogens is 1. The third-order valence-electron chi connectivity index (χ3n) is 5.04. The lowest BCUT2D eigenvalue weighted by molar-refractivity contribution is -0.122. The van der Waals surface area contributed by atoms with Crippen molar-refractivity contribution in [3.05, 3.63) is 65.5 Å². The number of para-hydroxylation sites is 1. The first-order valence-electron chi connectivity index (χ1n) is 9.72. The molecule has 1 N–H and O–H groups in total. The molecule has 1 heterocycles. The first-order chi connectivity index (χ1) is 13.6. The third-order valence-corrected chi connectivity index (χ3v) is 5.04. The molecular formula is C22H28FN3O2. The highest BCUT2D eigenvalue weighted by Crippen LogP contribution is 2.16. The zero-order chi connectivity index (χ0) is 19.8. The number of methoxy groups -OCH3 is 1. The molecule has 0 atom stereocenters. The van der Waals surface area contributed by atoms with Crippen LogP contribution in [0.5, 0.6) is 5.75 Å². The Hall–Kier alpha value is -2.44. The Balaban J connectivity index is 1.43. The van der Waals surface area contributed by atoms with Gasteiger partial charge in [0.05, 0.1) is 13.7 Å². The minimum absolute atomic E-state index is 0.0258. The fraction of sp³-hybridized carbons (Fsp3) is 0.409. The van der Waals surface area contributed by atoms with Crippen LogP contribution in [-0.2, 0) is 17.9 Å². The normalized spacial score (nSPS) is 15.8. The predicted molar refractivity (Wildman–Crippen MR) is 108 cm³/mol. The van der Waals surface area contributed by atoms with Crippen molar-refractivity contribution in [1.82, 2.24) is 15.1 Å².